The van der Waals surface area contributed by atoms with Crippen molar-refractivity contribution in [3.63, 3.8) is 0 Å². The van der Waals surface area contributed by atoms with Gasteiger partial charge in [0, 0.05) is 12.1 Å². The van der Waals surface area contributed by atoms with E-state index in [0.29, 0.717) is 0 Å². The first-order chi connectivity index (χ1) is 9.73. The maximum absolute atomic E-state index is 6.51. The van der Waals surface area contributed by atoms with Crippen LogP contribution in [0, 0.1) is 5.92 Å². The van der Waals surface area contributed by atoms with Gasteiger partial charge in [-0.2, -0.15) is 0 Å². The van der Waals surface area contributed by atoms with Gasteiger partial charge in [0.2, 0.25) is 0 Å². The van der Waals surface area contributed by atoms with Crippen LogP contribution in [0.25, 0.3) is 0 Å². The molecule has 1 aromatic rings. The Kier molecular flexibility index (Phi) is 4.42. The van der Waals surface area contributed by atoms with Crippen LogP contribution >= 0.6 is 0 Å². The zero-order valence-corrected chi connectivity index (χ0v) is 12.6. The van der Waals surface area contributed by atoms with Gasteiger partial charge in [-0.25, -0.2) is 0 Å². The van der Waals surface area contributed by atoms with E-state index in [1.165, 1.54) is 63.6 Å². The molecule has 2 N–H and O–H groups in total. The molecular weight excluding hydrogens is 244 g/mol. The van der Waals surface area contributed by atoms with E-state index in [1.807, 2.05) is 0 Å². The molecule has 1 aromatic carbocycles. The lowest BCUT2D eigenvalue weighted by Crippen LogP contribution is -2.50. The zero-order chi connectivity index (χ0) is 13.8. The van der Waals surface area contributed by atoms with Crippen molar-refractivity contribution in [3.8, 4) is 0 Å². The molecule has 2 heteroatoms. The SMILES string of the molecule is NC1(CN2CCC(Cc3ccccc3)CC2)CCCC1. The van der Waals surface area contributed by atoms with E-state index in [4.69, 9.17) is 5.73 Å². The highest BCUT2D eigenvalue weighted by Crippen LogP contribution is 2.30. The number of rotatable bonds is 4. The van der Waals surface area contributed by atoms with Crippen molar-refractivity contribution in [2.75, 3.05) is 19.6 Å². The molecule has 0 aromatic heterocycles. The minimum absolute atomic E-state index is 0.131. The maximum atomic E-state index is 6.51. The highest BCUT2D eigenvalue weighted by molar-refractivity contribution is 5.15. The van der Waals surface area contributed by atoms with Gasteiger partial charge in [-0.3, -0.25) is 0 Å². The Morgan fingerprint density at radius 3 is 2.35 bits per heavy atom. The van der Waals surface area contributed by atoms with E-state index in [-0.39, 0.29) is 5.54 Å². The van der Waals surface area contributed by atoms with Gasteiger partial charge in [0.05, 0.1) is 0 Å². The molecule has 0 spiro atoms. The van der Waals surface area contributed by atoms with Crippen LogP contribution in [0.15, 0.2) is 30.3 Å². The second kappa shape index (κ2) is 6.28. The molecule has 20 heavy (non-hydrogen) atoms. The Morgan fingerprint density at radius 2 is 1.70 bits per heavy atom. The van der Waals surface area contributed by atoms with Crippen molar-refractivity contribution in [2.45, 2.75) is 50.5 Å². The predicted molar refractivity (Wildman–Crippen MR) is 84.7 cm³/mol. The lowest BCUT2D eigenvalue weighted by atomic mass is 9.89. The van der Waals surface area contributed by atoms with E-state index >= 15 is 0 Å². The normalized spacial score (nSPS) is 24.1. The highest BCUT2D eigenvalue weighted by Gasteiger charge is 2.32. The summed E-state index contributed by atoms with van der Waals surface area (Å²) in [4.78, 5) is 2.62. The Bertz CT molecular complexity index is 401. The number of likely N-dealkylation sites (tertiary alicyclic amines) is 1. The molecule has 1 saturated carbocycles. The molecule has 1 aliphatic heterocycles. The van der Waals surface area contributed by atoms with Crippen LogP contribution in [0.3, 0.4) is 0 Å². The van der Waals surface area contributed by atoms with Crippen LogP contribution in [0.2, 0.25) is 0 Å². The fourth-order valence-corrected chi connectivity index (χ4v) is 3.98. The van der Waals surface area contributed by atoms with Gasteiger partial charge in [0.25, 0.3) is 0 Å². The van der Waals surface area contributed by atoms with Crippen molar-refractivity contribution in [1.29, 1.82) is 0 Å². The van der Waals surface area contributed by atoms with E-state index in [0.717, 1.165) is 12.5 Å². The second-order valence-corrected chi connectivity index (χ2v) is 6.98. The monoisotopic (exact) mass is 272 g/mol. The average Bonchev–Trinajstić information content (AvgIpc) is 2.89. The minimum atomic E-state index is 0.131. The van der Waals surface area contributed by atoms with Crippen LogP contribution in [-0.4, -0.2) is 30.1 Å². The largest absolute Gasteiger partial charge is 0.324 e. The molecule has 0 amide bonds. The molecule has 2 nitrogen and oxygen atoms in total. The third kappa shape index (κ3) is 3.62. The molecule has 1 aliphatic carbocycles. The minimum Gasteiger partial charge on any atom is -0.324 e. The summed E-state index contributed by atoms with van der Waals surface area (Å²) >= 11 is 0. The van der Waals surface area contributed by atoms with E-state index in [9.17, 15) is 0 Å². The molecule has 0 bridgehead atoms. The Labute approximate surface area is 123 Å². The van der Waals surface area contributed by atoms with Gasteiger partial charge in [0.1, 0.15) is 0 Å². The molecule has 2 aliphatic rings. The first-order valence-electron chi connectivity index (χ1n) is 8.29. The lowest BCUT2D eigenvalue weighted by molar-refractivity contribution is 0.148. The third-order valence-electron chi connectivity index (χ3n) is 5.21. The fourth-order valence-electron chi connectivity index (χ4n) is 3.98. The summed E-state index contributed by atoms with van der Waals surface area (Å²) < 4.78 is 0. The maximum Gasteiger partial charge on any atom is 0.0283 e. The smallest absolute Gasteiger partial charge is 0.0283 e. The number of benzene rings is 1. The van der Waals surface area contributed by atoms with Crippen molar-refractivity contribution in [1.82, 2.24) is 4.90 Å². The van der Waals surface area contributed by atoms with Crippen LogP contribution < -0.4 is 5.73 Å². The van der Waals surface area contributed by atoms with Crippen molar-refractivity contribution in [2.24, 2.45) is 11.7 Å². The molecular formula is C18H28N2. The fraction of sp³-hybridized carbons (Fsp3) is 0.667. The van der Waals surface area contributed by atoms with Gasteiger partial charge in [-0.05, 0) is 56.7 Å². The van der Waals surface area contributed by atoms with Crippen LogP contribution in [-0.2, 0) is 6.42 Å². The molecule has 0 radical (unpaired) electrons. The van der Waals surface area contributed by atoms with Gasteiger partial charge >= 0.3 is 0 Å². The van der Waals surface area contributed by atoms with Crippen molar-refractivity contribution in [3.05, 3.63) is 35.9 Å². The first-order valence-corrected chi connectivity index (χ1v) is 8.29. The molecule has 3 rings (SSSR count). The Balaban J connectivity index is 1.45. The molecule has 2 fully saturated rings. The number of piperidine rings is 1. The molecule has 1 saturated heterocycles. The van der Waals surface area contributed by atoms with Crippen LogP contribution in [0.5, 0.6) is 0 Å². The number of hydrogen-bond acceptors (Lipinski definition) is 2. The van der Waals surface area contributed by atoms with Gasteiger partial charge in [0.15, 0.2) is 0 Å². The van der Waals surface area contributed by atoms with Crippen molar-refractivity contribution >= 4 is 0 Å². The van der Waals surface area contributed by atoms with Crippen molar-refractivity contribution < 1.29 is 0 Å². The summed E-state index contributed by atoms with van der Waals surface area (Å²) in [6.45, 7) is 3.62. The van der Waals surface area contributed by atoms with E-state index in [1.54, 1.807) is 0 Å². The topological polar surface area (TPSA) is 29.3 Å². The van der Waals surface area contributed by atoms with E-state index in [2.05, 4.69) is 35.2 Å². The number of hydrogen-bond donors (Lipinski definition) is 1. The quantitative estimate of drug-likeness (QED) is 0.912. The summed E-state index contributed by atoms with van der Waals surface area (Å²) in [6, 6.07) is 10.9. The van der Waals surface area contributed by atoms with Gasteiger partial charge < -0.3 is 10.6 Å². The van der Waals surface area contributed by atoms with Crippen LogP contribution in [0.1, 0.15) is 44.1 Å². The summed E-state index contributed by atoms with van der Waals surface area (Å²) in [6.07, 6.45) is 9.06. The lowest BCUT2D eigenvalue weighted by Gasteiger charge is -2.37. The van der Waals surface area contributed by atoms with Crippen LogP contribution in [0.4, 0.5) is 0 Å². The average molecular weight is 272 g/mol. The summed E-state index contributed by atoms with van der Waals surface area (Å²) in [5, 5.41) is 0. The van der Waals surface area contributed by atoms with Gasteiger partial charge in [-0.15, -0.1) is 0 Å². The molecule has 1 heterocycles. The molecule has 0 atom stereocenters. The zero-order valence-electron chi connectivity index (χ0n) is 12.6. The third-order valence-corrected chi connectivity index (χ3v) is 5.21. The Hall–Kier alpha value is -0.860. The summed E-state index contributed by atoms with van der Waals surface area (Å²) in [5.74, 6) is 0.867. The summed E-state index contributed by atoms with van der Waals surface area (Å²) in [5.41, 5.74) is 8.13. The number of nitrogens with zero attached hydrogens (tertiary/aromatic N) is 1. The van der Waals surface area contributed by atoms with Gasteiger partial charge in [-0.1, -0.05) is 43.2 Å². The second-order valence-electron chi connectivity index (χ2n) is 6.98. The number of nitrogens with two attached hydrogens (primary N) is 1. The van der Waals surface area contributed by atoms with E-state index < -0.39 is 0 Å². The summed E-state index contributed by atoms with van der Waals surface area (Å²) in [7, 11) is 0. The first kappa shape index (κ1) is 14.1. The highest BCUT2D eigenvalue weighted by atomic mass is 15.2. The predicted octanol–water partition coefficient (Wildman–Crippen LogP) is 3.21. The molecule has 110 valence electrons. The Morgan fingerprint density at radius 1 is 1.05 bits per heavy atom. The molecule has 0 unspecified atom stereocenters. The standard InChI is InChI=1S/C18H28N2/c19-18(10-4-5-11-18)15-20-12-8-17(9-13-20)14-16-6-2-1-3-7-16/h1-3,6-7,17H,4-5,8-15,19H2.